The van der Waals surface area contributed by atoms with Crippen molar-refractivity contribution < 1.29 is 4.79 Å². The number of carbonyl (C=O) groups excluding carboxylic acids is 1. The Labute approximate surface area is 124 Å². The monoisotopic (exact) mass is 280 g/mol. The number of hydrogen-bond acceptors (Lipinski definition) is 2. The average molecular weight is 280 g/mol. The molecule has 2 fully saturated rings. The molecule has 2 unspecified atom stereocenters. The van der Waals surface area contributed by atoms with E-state index in [2.05, 4.69) is 26.1 Å². The quantitative estimate of drug-likeness (QED) is 0.834. The summed E-state index contributed by atoms with van der Waals surface area (Å²) in [4.78, 5) is 12.7. The maximum atomic E-state index is 12.7. The van der Waals surface area contributed by atoms with Crippen molar-refractivity contribution in [2.45, 2.75) is 71.8 Å². The summed E-state index contributed by atoms with van der Waals surface area (Å²) in [6, 6.07) is 0.365. The zero-order valence-corrected chi connectivity index (χ0v) is 13.5. The molecule has 2 saturated carbocycles. The molecular weight excluding hydrogens is 248 g/mol. The maximum Gasteiger partial charge on any atom is 0.227 e. The van der Waals surface area contributed by atoms with Crippen LogP contribution in [0.5, 0.6) is 0 Å². The summed E-state index contributed by atoms with van der Waals surface area (Å²) in [5, 5.41) is 3.34. The summed E-state index contributed by atoms with van der Waals surface area (Å²) < 4.78 is 0. The van der Waals surface area contributed by atoms with Gasteiger partial charge in [-0.05, 0) is 62.7 Å². The van der Waals surface area contributed by atoms with E-state index in [-0.39, 0.29) is 11.3 Å². The van der Waals surface area contributed by atoms with Gasteiger partial charge in [0.15, 0.2) is 0 Å². The van der Waals surface area contributed by atoms with E-state index < -0.39 is 0 Å². The summed E-state index contributed by atoms with van der Waals surface area (Å²) in [5.74, 6) is 2.43. The smallest absolute Gasteiger partial charge is 0.227 e. The van der Waals surface area contributed by atoms with Crippen LogP contribution >= 0.6 is 0 Å². The number of nitrogens with two attached hydrogens (primary N) is 1. The summed E-state index contributed by atoms with van der Waals surface area (Å²) in [7, 11) is 0. The van der Waals surface area contributed by atoms with Gasteiger partial charge in [-0.15, -0.1) is 0 Å². The lowest BCUT2D eigenvalue weighted by molar-refractivity contribution is -0.134. The highest BCUT2D eigenvalue weighted by Crippen LogP contribution is 2.39. The standard InChI is InChI=1S/C17H32N2O/c1-12-4-6-17(11-18,7-5-12)16(20)19-15-9-13(2)8-14(3)10-15/h12-15H,4-11,18H2,1-3H3,(H,19,20). The first-order valence-corrected chi connectivity index (χ1v) is 8.46. The van der Waals surface area contributed by atoms with Crippen molar-refractivity contribution in [3.8, 4) is 0 Å². The highest BCUT2D eigenvalue weighted by atomic mass is 16.2. The van der Waals surface area contributed by atoms with Gasteiger partial charge in [0, 0.05) is 12.6 Å². The van der Waals surface area contributed by atoms with Crippen molar-refractivity contribution in [3.05, 3.63) is 0 Å². The molecule has 3 heteroatoms. The minimum Gasteiger partial charge on any atom is -0.353 e. The third-order valence-corrected chi connectivity index (χ3v) is 5.62. The Morgan fingerprint density at radius 1 is 1.05 bits per heavy atom. The summed E-state index contributed by atoms with van der Waals surface area (Å²) >= 11 is 0. The number of carbonyl (C=O) groups is 1. The van der Waals surface area contributed by atoms with Crippen molar-refractivity contribution in [1.82, 2.24) is 5.32 Å². The molecule has 116 valence electrons. The zero-order valence-electron chi connectivity index (χ0n) is 13.5. The Hall–Kier alpha value is -0.570. The molecule has 2 rings (SSSR count). The Bertz CT molecular complexity index is 324. The molecular formula is C17H32N2O. The molecule has 2 aliphatic rings. The van der Waals surface area contributed by atoms with E-state index in [1.165, 1.54) is 6.42 Å². The van der Waals surface area contributed by atoms with Crippen LogP contribution in [-0.4, -0.2) is 18.5 Å². The minimum absolute atomic E-state index is 0.234. The van der Waals surface area contributed by atoms with Crippen LogP contribution in [0.25, 0.3) is 0 Å². The van der Waals surface area contributed by atoms with Crippen LogP contribution < -0.4 is 11.1 Å². The van der Waals surface area contributed by atoms with Crippen LogP contribution in [0, 0.1) is 23.2 Å². The molecule has 0 heterocycles. The first-order valence-electron chi connectivity index (χ1n) is 8.46. The SMILES string of the molecule is CC1CCC(CN)(C(=O)NC2CC(C)CC(C)C2)CC1. The average Bonchev–Trinajstić information content (AvgIpc) is 2.38. The topological polar surface area (TPSA) is 55.1 Å². The Balaban J connectivity index is 1.95. The zero-order chi connectivity index (χ0) is 14.8. The van der Waals surface area contributed by atoms with Crippen LogP contribution in [0.3, 0.4) is 0 Å². The van der Waals surface area contributed by atoms with Crippen LogP contribution in [0.1, 0.15) is 65.7 Å². The molecule has 0 aromatic carbocycles. The van der Waals surface area contributed by atoms with Gasteiger partial charge in [-0.1, -0.05) is 20.8 Å². The molecule has 3 N–H and O–H groups in total. The van der Waals surface area contributed by atoms with Crippen LogP contribution in [-0.2, 0) is 4.79 Å². The number of hydrogen-bond donors (Lipinski definition) is 2. The lowest BCUT2D eigenvalue weighted by Gasteiger charge is -2.40. The second-order valence-electron chi connectivity index (χ2n) is 7.75. The Morgan fingerprint density at radius 2 is 1.60 bits per heavy atom. The van der Waals surface area contributed by atoms with E-state index in [1.54, 1.807) is 0 Å². The van der Waals surface area contributed by atoms with Gasteiger partial charge in [0.05, 0.1) is 5.41 Å². The van der Waals surface area contributed by atoms with Gasteiger partial charge in [0.25, 0.3) is 0 Å². The number of nitrogens with one attached hydrogen (secondary N) is 1. The summed E-state index contributed by atoms with van der Waals surface area (Å²) in [6.45, 7) is 7.39. The van der Waals surface area contributed by atoms with Gasteiger partial charge in [0.1, 0.15) is 0 Å². The van der Waals surface area contributed by atoms with E-state index in [1.807, 2.05) is 0 Å². The van der Waals surface area contributed by atoms with Crippen LogP contribution in [0.2, 0.25) is 0 Å². The molecule has 1 amide bonds. The predicted molar refractivity (Wildman–Crippen MR) is 83.2 cm³/mol. The van der Waals surface area contributed by atoms with E-state index in [0.717, 1.165) is 56.3 Å². The largest absolute Gasteiger partial charge is 0.353 e. The van der Waals surface area contributed by atoms with Crippen molar-refractivity contribution >= 4 is 5.91 Å². The Kier molecular flexibility index (Phi) is 5.11. The van der Waals surface area contributed by atoms with Crippen molar-refractivity contribution in [2.24, 2.45) is 28.9 Å². The third-order valence-electron chi connectivity index (χ3n) is 5.62. The highest BCUT2D eigenvalue weighted by Gasteiger charge is 2.41. The first kappa shape index (κ1) is 15.8. The van der Waals surface area contributed by atoms with E-state index in [9.17, 15) is 4.79 Å². The molecule has 0 aromatic rings. The van der Waals surface area contributed by atoms with Crippen molar-refractivity contribution in [1.29, 1.82) is 0 Å². The summed E-state index contributed by atoms with van der Waals surface area (Å²) in [5.41, 5.74) is 5.70. The van der Waals surface area contributed by atoms with Gasteiger partial charge in [-0.25, -0.2) is 0 Å². The highest BCUT2D eigenvalue weighted by molar-refractivity contribution is 5.83. The fourth-order valence-electron chi connectivity index (χ4n) is 4.24. The molecule has 0 radical (unpaired) electrons. The fourth-order valence-corrected chi connectivity index (χ4v) is 4.24. The fraction of sp³-hybridized carbons (Fsp3) is 0.941. The number of amides is 1. The maximum absolute atomic E-state index is 12.7. The molecule has 0 aliphatic heterocycles. The van der Waals surface area contributed by atoms with Crippen LogP contribution in [0.15, 0.2) is 0 Å². The molecule has 0 bridgehead atoms. The van der Waals surface area contributed by atoms with E-state index in [0.29, 0.717) is 12.6 Å². The Morgan fingerprint density at radius 3 is 2.10 bits per heavy atom. The van der Waals surface area contributed by atoms with Gasteiger partial charge in [0.2, 0.25) is 5.91 Å². The van der Waals surface area contributed by atoms with Gasteiger partial charge in [-0.2, -0.15) is 0 Å². The lowest BCUT2D eigenvalue weighted by atomic mass is 9.70. The van der Waals surface area contributed by atoms with Crippen LogP contribution in [0.4, 0.5) is 0 Å². The van der Waals surface area contributed by atoms with Crippen molar-refractivity contribution in [2.75, 3.05) is 6.54 Å². The minimum atomic E-state index is -0.281. The molecule has 3 nitrogen and oxygen atoms in total. The van der Waals surface area contributed by atoms with Gasteiger partial charge >= 0.3 is 0 Å². The second-order valence-corrected chi connectivity index (χ2v) is 7.75. The molecule has 0 saturated heterocycles. The second kappa shape index (κ2) is 6.46. The van der Waals surface area contributed by atoms with Crippen molar-refractivity contribution in [3.63, 3.8) is 0 Å². The van der Waals surface area contributed by atoms with E-state index >= 15 is 0 Å². The molecule has 20 heavy (non-hydrogen) atoms. The van der Waals surface area contributed by atoms with E-state index in [4.69, 9.17) is 5.73 Å². The molecule has 2 aliphatic carbocycles. The molecule has 0 aromatic heterocycles. The predicted octanol–water partition coefficient (Wildman–Crippen LogP) is 3.08. The number of rotatable bonds is 3. The van der Waals surface area contributed by atoms with Gasteiger partial charge < -0.3 is 11.1 Å². The summed E-state index contributed by atoms with van der Waals surface area (Å²) in [6.07, 6.45) is 7.78. The first-order chi connectivity index (χ1) is 9.45. The molecule has 2 atom stereocenters. The van der Waals surface area contributed by atoms with Gasteiger partial charge in [-0.3, -0.25) is 4.79 Å². The third kappa shape index (κ3) is 3.55. The normalized spacial score (nSPS) is 42.2. The lowest BCUT2D eigenvalue weighted by Crippen LogP contribution is -2.52. The molecule has 0 spiro atoms.